The summed E-state index contributed by atoms with van der Waals surface area (Å²) in [4.78, 5) is 0. The van der Waals surface area contributed by atoms with Crippen LogP contribution in [0.25, 0.3) is 0 Å². The van der Waals surface area contributed by atoms with Gasteiger partial charge in [-0.1, -0.05) is 22.0 Å². The van der Waals surface area contributed by atoms with E-state index in [9.17, 15) is 5.11 Å². The van der Waals surface area contributed by atoms with E-state index in [2.05, 4.69) is 53.1 Å². The molecule has 112 valence electrons. The van der Waals surface area contributed by atoms with Gasteiger partial charge in [0.1, 0.15) is 0 Å². The summed E-state index contributed by atoms with van der Waals surface area (Å²) in [6.07, 6.45) is 0. The largest absolute Gasteiger partial charge is 0.504 e. The number of anilines is 1. The number of phenolic OH excluding ortho intramolecular Hbond substituents is 1. The van der Waals surface area contributed by atoms with Crippen molar-refractivity contribution < 1.29 is 9.84 Å². The third-order valence-corrected chi connectivity index (χ3v) is 4.51. The molecule has 0 aliphatic rings. The molecule has 0 bridgehead atoms. The monoisotopic (exact) mass is 477 g/mol. The van der Waals surface area contributed by atoms with Gasteiger partial charge in [0.2, 0.25) is 0 Å². The molecule has 0 amide bonds. The summed E-state index contributed by atoms with van der Waals surface area (Å²) in [5.74, 6) is 0.664. The highest BCUT2D eigenvalue weighted by Crippen LogP contribution is 2.35. The second-order valence-corrected chi connectivity index (χ2v) is 6.96. The molecule has 0 heterocycles. The van der Waals surface area contributed by atoms with E-state index < -0.39 is 0 Å². The number of hydrogen-bond acceptors (Lipinski definition) is 3. The van der Waals surface area contributed by atoms with Crippen LogP contribution in [0.5, 0.6) is 11.5 Å². The molecule has 6 heteroatoms. The summed E-state index contributed by atoms with van der Waals surface area (Å²) in [5, 5.41) is 13.1. The van der Waals surface area contributed by atoms with Crippen molar-refractivity contribution in [3.8, 4) is 11.5 Å². The highest BCUT2D eigenvalue weighted by molar-refractivity contribution is 9.11. The molecular formula is C15H14Br3NO2. The molecule has 0 aliphatic heterocycles. The molecule has 0 aromatic heterocycles. The first-order valence-electron chi connectivity index (χ1n) is 6.34. The van der Waals surface area contributed by atoms with Gasteiger partial charge < -0.3 is 15.2 Å². The molecule has 2 N–H and O–H groups in total. The molecular weight excluding hydrogens is 466 g/mol. The smallest absolute Gasteiger partial charge is 0.161 e. The average molecular weight is 480 g/mol. The molecule has 2 aromatic carbocycles. The Labute approximate surface area is 149 Å². The van der Waals surface area contributed by atoms with Crippen molar-refractivity contribution in [1.82, 2.24) is 0 Å². The third-order valence-electron chi connectivity index (χ3n) is 2.80. The molecule has 0 spiro atoms. The third kappa shape index (κ3) is 4.37. The fourth-order valence-corrected chi connectivity index (χ4v) is 4.38. The van der Waals surface area contributed by atoms with Crippen LogP contribution in [0.15, 0.2) is 43.7 Å². The number of rotatable bonds is 5. The Morgan fingerprint density at radius 1 is 1.10 bits per heavy atom. The molecule has 0 saturated carbocycles. The van der Waals surface area contributed by atoms with E-state index in [4.69, 9.17) is 4.74 Å². The summed E-state index contributed by atoms with van der Waals surface area (Å²) in [6.45, 7) is 3.04. The van der Waals surface area contributed by atoms with Crippen molar-refractivity contribution in [2.24, 2.45) is 0 Å². The predicted molar refractivity (Wildman–Crippen MR) is 96.1 cm³/mol. The maximum Gasteiger partial charge on any atom is 0.161 e. The van der Waals surface area contributed by atoms with Crippen LogP contribution in [-0.2, 0) is 6.54 Å². The van der Waals surface area contributed by atoms with Gasteiger partial charge in [-0.3, -0.25) is 0 Å². The van der Waals surface area contributed by atoms with Gasteiger partial charge in [0.05, 0.1) is 12.3 Å². The summed E-state index contributed by atoms with van der Waals surface area (Å²) in [6, 6.07) is 9.32. The fourth-order valence-electron chi connectivity index (χ4n) is 1.84. The standard InChI is InChI=1S/C15H14Br3NO2/c1-2-21-14-5-9(3-4-13(14)20)8-19-15-11(17)6-10(16)7-12(15)18/h3-7,19-20H,2,8H2,1H3. The van der Waals surface area contributed by atoms with Crippen molar-refractivity contribution in [1.29, 1.82) is 0 Å². The van der Waals surface area contributed by atoms with Gasteiger partial charge in [0.25, 0.3) is 0 Å². The van der Waals surface area contributed by atoms with E-state index in [-0.39, 0.29) is 5.75 Å². The number of aromatic hydroxyl groups is 1. The lowest BCUT2D eigenvalue weighted by atomic mass is 10.2. The molecule has 3 nitrogen and oxygen atoms in total. The molecule has 0 fully saturated rings. The van der Waals surface area contributed by atoms with E-state index in [1.165, 1.54) is 0 Å². The lowest BCUT2D eigenvalue weighted by Crippen LogP contribution is -2.02. The minimum Gasteiger partial charge on any atom is -0.504 e. The normalized spacial score (nSPS) is 10.5. The van der Waals surface area contributed by atoms with Crippen LogP contribution in [-0.4, -0.2) is 11.7 Å². The summed E-state index contributed by atoms with van der Waals surface area (Å²) < 4.78 is 8.32. The van der Waals surface area contributed by atoms with Gasteiger partial charge in [-0.05, 0) is 68.6 Å². The Kier molecular flexibility index (Phi) is 5.96. The molecule has 2 rings (SSSR count). The molecule has 2 aromatic rings. The van der Waals surface area contributed by atoms with E-state index >= 15 is 0 Å². The Morgan fingerprint density at radius 2 is 1.76 bits per heavy atom. The van der Waals surface area contributed by atoms with Crippen LogP contribution in [0.2, 0.25) is 0 Å². The first-order chi connectivity index (χ1) is 10.0. The summed E-state index contributed by atoms with van der Waals surface area (Å²) in [5.41, 5.74) is 2.00. The van der Waals surface area contributed by atoms with Crippen LogP contribution in [0.4, 0.5) is 5.69 Å². The highest BCUT2D eigenvalue weighted by atomic mass is 79.9. The van der Waals surface area contributed by atoms with Crippen molar-refractivity contribution in [2.45, 2.75) is 13.5 Å². The van der Waals surface area contributed by atoms with Crippen molar-refractivity contribution in [3.05, 3.63) is 49.3 Å². The maximum atomic E-state index is 9.70. The van der Waals surface area contributed by atoms with Crippen molar-refractivity contribution >= 4 is 53.5 Å². The van der Waals surface area contributed by atoms with Crippen LogP contribution < -0.4 is 10.1 Å². The van der Waals surface area contributed by atoms with Crippen LogP contribution >= 0.6 is 47.8 Å². The van der Waals surface area contributed by atoms with Crippen molar-refractivity contribution in [3.63, 3.8) is 0 Å². The van der Waals surface area contributed by atoms with E-state index in [0.717, 1.165) is 24.7 Å². The van der Waals surface area contributed by atoms with Gasteiger partial charge in [-0.2, -0.15) is 0 Å². The van der Waals surface area contributed by atoms with Crippen LogP contribution in [0, 0.1) is 0 Å². The first-order valence-corrected chi connectivity index (χ1v) is 8.72. The molecule has 0 atom stereocenters. The average Bonchev–Trinajstić information content (AvgIpc) is 2.41. The number of ether oxygens (including phenoxy) is 1. The minimum atomic E-state index is 0.159. The fraction of sp³-hybridized carbons (Fsp3) is 0.200. The Morgan fingerprint density at radius 3 is 2.38 bits per heavy atom. The lowest BCUT2D eigenvalue weighted by Gasteiger charge is -2.13. The summed E-state index contributed by atoms with van der Waals surface area (Å²) >= 11 is 10.5. The van der Waals surface area contributed by atoms with Crippen molar-refractivity contribution in [2.75, 3.05) is 11.9 Å². The minimum absolute atomic E-state index is 0.159. The van der Waals surface area contributed by atoms with E-state index in [0.29, 0.717) is 18.9 Å². The second kappa shape index (κ2) is 7.51. The summed E-state index contributed by atoms with van der Waals surface area (Å²) in [7, 11) is 0. The Hall–Kier alpha value is -0.720. The zero-order chi connectivity index (χ0) is 15.4. The van der Waals surface area contributed by atoms with Gasteiger partial charge in [-0.25, -0.2) is 0 Å². The predicted octanol–water partition coefficient (Wildman–Crippen LogP) is 5.69. The van der Waals surface area contributed by atoms with Crippen LogP contribution in [0.1, 0.15) is 12.5 Å². The highest BCUT2D eigenvalue weighted by Gasteiger charge is 2.08. The number of hydrogen-bond donors (Lipinski definition) is 2. The molecule has 21 heavy (non-hydrogen) atoms. The molecule has 0 aliphatic carbocycles. The zero-order valence-electron chi connectivity index (χ0n) is 11.3. The number of halogens is 3. The van der Waals surface area contributed by atoms with Gasteiger partial charge in [0.15, 0.2) is 11.5 Å². The second-order valence-electron chi connectivity index (χ2n) is 4.33. The lowest BCUT2D eigenvalue weighted by molar-refractivity contribution is 0.318. The number of benzene rings is 2. The van der Waals surface area contributed by atoms with E-state index in [1.807, 2.05) is 31.2 Å². The van der Waals surface area contributed by atoms with E-state index in [1.54, 1.807) is 6.07 Å². The Balaban J connectivity index is 2.15. The maximum absolute atomic E-state index is 9.70. The topological polar surface area (TPSA) is 41.5 Å². The number of phenols is 1. The molecule has 0 saturated heterocycles. The Bertz CT molecular complexity index is 624. The van der Waals surface area contributed by atoms with Gasteiger partial charge in [0, 0.05) is 20.0 Å². The first kappa shape index (κ1) is 16.6. The number of nitrogens with one attached hydrogen (secondary N) is 1. The molecule has 0 unspecified atom stereocenters. The molecule has 0 radical (unpaired) electrons. The SMILES string of the molecule is CCOc1cc(CNc2c(Br)cc(Br)cc2Br)ccc1O. The quantitative estimate of drug-likeness (QED) is 0.578. The van der Waals surface area contributed by atoms with Gasteiger partial charge >= 0.3 is 0 Å². The zero-order valence-corrected chi connectivity index (χ0v) is 16.0. The van der Waals surface area contributed by atoms with Gasteiger partial charge in [-0.15, -0.1) is 0 Å². The van der Waals surface area contributed by atoms with Crippen LogP contribution in [0.3, 0.4) is 0 Å².